The first kappa shape index (κ1) is 18.4. The van der Waals surface area contributed by atoms with Gasteiger partial charge < -0.3 is 15.6 Å². The molecule has 0 aliphatic heterocycles. The number of non-ortho nitro benzene ring substituents is 2. The van der Waals surface area contributed by atoms with Crippen LogP contribution in [0.5, 0.6) is 5.75 Å². The quantitative estimate of drug-likeness (QED) is 0.489. The van der Waals surface area contributed by atoms with Crippen molar-refractivity contribution in [2.45, 2.75) is 0 Å². The summed E-state index contributed by atoms with van der Waals surface area (Å²) < 4.78 is 4.91. The van der Waals surface area contributed by atoms with Gasteiger partial charge in [-0.25, -0.2) is 4.79 Å². The van der Waals surface area contributed by atoms with Crippen LogP contribution < -0.4 is 10.5 Å². The number of carboxylic acids is 1. The van der Waals surface area contributed by atoms with Crippen molar-refractivity contribution in [1.82, 2.24) is 0 Å². The van der Waals surface area contributed by atoms with Gasteiger partial charge in [0.2, 0.25) is 0 Å². The minimum absolute atomic E-state index is 0.490. The van der Waals surface area contributed by atoms with Gasteiger partial charge in [-0.2, -0.15) is 0 Å². The Bertz CT molecular complexity index is 680. The molecule has 2 aromatic carbocycles. The number of carbonyl (C=O) groups is 1. The van der Waals surface area contributed by atoms with Crippen LogP contribution in [0.3, 0.4) is 0 Å². The zero-order valence-corrected chi connectivity index (χ0v) is 12.4. The molecule has 0 saturated heterocycles. The number of methoxy groups -OCH3 is 1. The fourth-order valence-corrected chi connectivity index (χ4v) is 1.53. The maximum Gasteiger partial charge on any atom is 0.336 e. The van der Waals surface area contributed by atoms with E-state index in [0.717, 1.165) is 23.6 Å². The summed E-state index contributed by atoms with van der Waals surface area (Å²) in [6.45, 7) is 0. The molecule has 0 saturated carbocycles. The van der Waals surface area contributed by atoms with Crippen molar-refractivity contribution in [3.8, 4) is 5.75 Å². The summed E-state index contributed by atoms with van der Waals surface area (Å²) in [7, 11) is 1.63. The maximum absolute atomic E-state index is 10.5. The third-order valence-electron chi connectivity index (χ3n) is 2.69. The molecule has 0 bridgehead atoms. The van der Waals surface area contributed by atoms with Gasteiger partial charge in [-0.05, 0) is 24.3 Å². The van der Waals surface area contributed by atoms with Gasteiger partial charge in [0, 0.05) is 17.8 Å². The van der Waals surface area contributed by atoms with Crippen molar-refractivity contribution in [3.63, 3.8) is 0 Å². The van der Waals surface area contributed by atoms with E-state index in [4.69, 9.17) is 15.6 Å². The van der Waals surface area contributed by atoms with Crippen LogP contribution in [0.2, 0.25) is 0 Å². The highest BCUT2D eigenvalue weighted by molar-refractivity contribution is 5.89. The first-order chi connectivity index (χ1) is 11.2. The highest BCUT2D eigenvalue weighted by atomic mass is 16.6. The number of hydrogen-bond acceptors (Lipinski definition) is 7. The molecule has 3 N–H and O–H groups in total. The average molecular weight is 335 g/mol. The lowest BCUT2D eigenvalue weighted by Crippen LogP contribution is -2.00. The lowest BCUT2D eigenvalue weighted by Gasteiger charge is -1.97. The molecule has 10 heteroatoms. The Kier molecular flexibility index (Phi) is 6.18. The van der Waals surface area contributed by atoms with Crippen LogP contribution in [0.15, 0.2) is 42.5 Å². The molecule has 0 fully saturated rings. The Morgan fingerprint density at radius 2 is 1.50 bits per heavy atom. The second kappa shape index (κ2) is 8.08. The van der Waals surface area contributed by atoms with Crippen LogP contribution in [-0.4, -0.2) is 28.0 Å². The molecule has 10 nitrogen and oxygen atoms in total. The summed E-state index contributed by atoms with van der Waals surface area (Å²) in [5.74, 6) is -0.619. The van der Waals surface area contributed by atoms with Gasteiger partial charge in [0.25, 0.3) is 11.4 Å². The Hall–Kier alpha value is -3.69. The highest BCUT2D eigenvalue weighted by Gasteiger charge is 2.19. The first-order valence-corrected chi connectivity index (χ1v) is 6.31. The molecule has 24 heavy (non-hydrogen) atoms. The van der Waals surface area contributed by atoms with Gasteiger partial charge in [-0.3, -0.25) is 20.2 Å². The molecular formula is C14H13N3O7. The van der Waals surface area contributed by atoms with Gasteiger partial charge in [0.15, 0.2) is 0 Å². The van der Waals surface area contributed by atoms with Crippen LogP contribution in [-0.2, 0) is 0 Å². The highest BCUT2D eigenvalue weighted by Crippen LogP contribution is 2.22. The Balaban J connectivity index is 0.000000272. The molecule has 0 aromatic heterocycles. The topological polar surface area (TPSA) is 159 Å². The van der Waals surface area contributed by atoms with Crippen molar-refractivity contribution in [2.75, 3.05) is 12.8 Å². The number of nitro groups is 2. The summed E-state index contributed by atoms with van der Waals surface area (Å²) in [6.07, 6.45) is 0. The second-order valence-electron chi connectivity index (χ2n) is 4.33. The van der Waals surface area contributed by atoms with Gasteiger partial charge in [0.05, 0.1) is 28.6 Å². The minimum Gasteiger partial charge on any atom is -0.497 e. The number of rotatable bonds is 4. The summed E-state index contributed by atoms with van der Waals surface area (Å²) >= 11 is 0. The predicted octanol–water partition coefficient (Wildman–Crippen LogP) is 2.48. The normalized spacial score (nSPS) is 9.38. The van der Waals surface area contributed by atoms with Crippen molar-refractivity contribution < 1.29 is 24.5 Å². The lowest BCUT2D eigenvalue weighted by molar-refractivity contribution is -0.394. The van der Waals surface area contributed by atoms with Gasteiger partial charge >= 0.3 is 5.97 Å². The summed E-state index contributed by atoms with van der Waals surface area (Å²) in [4.78, 5) is 29.4. The zero-order chi connectivity index (χ0) is 18.3. The largest absolute Gasteiger partial charge is 0.497 e. The Morgan fingerprint density at radius 1 is 1.04 bits per heavy atom. The van der Waals surface area contributed by atoms with E-state index < -0.39 is 32.8 Å². The van der Waals surface area contributed by atoms with E-state index >= 15 is 0 Å². The van der Waals surface area contributed by atoms with Crippen LogP contribution in [0.1, 0.15) is 10.4 Å². The molecule has 0 heterocycles. The van der Waals surface area contributed by atoms with Gasteiger partial charge in [0.1, 0.15) is 5.75 Å². The number of anilines is 1. The van der Waals surface area contributed by atoms with E-state index in [1.165, 1.54) is 0 Å². The standard InChI is InChI=1S/C7H4N2O6.C7H9NO/c10-7(11)4-1-5(8(12)13)3-6(2-4)9(14)15;1-9-7-4-2-6(8)3-5-7/h1-3H,(H,10,11);2-5H,8H2,1H3. The van der Waals surface area contributed by atoms with Crippen molar-refractivity contribution in [3.05, 3.63) is 68.3 Å². The fourth-order valence-electron chi connectivity index (χ4n) is 1.53. The number of nitro benzene ring substituents is 2. The number of nitrogens with zero attached hydrogens (tertiary/aromatic N) is 2. The third-order valence-corrected chi connectivity index (χ3v) is 2.69. The first-order valence-electron chi connectivity index (χ1n) is 6.31. The van der Waals surface area contributed by atoms with E-state index in [1.54, 1.807) is 19.2 Å². The van der Waals surface area contributed by atoms with Gasteiger partial charge in [-0.15, -0.1) is 0 Å². The molecule has 0 unspecified atom stereocenters. The molecule has 0 amide bonds. The molecule has 0 aliphatic carbocycles. The molecule has 2 aromatic rings. The van der Waals surface area contributed by atoms with Crippen LogP contribution in [0.25, 0.3) is 0 Å². The van der Waals surface area contributed by atoms with Crippen molar-refractivity contribution >= 4 is 23.0 Å². The smallest absolute Gasteiger partial charge is 0.336 e. The monoisotopic (exact) mass is 335 g/mol. The maximum atomic E-state index is 10.5. The number of carboxylic acid groups (broad SMARTS) is 1. The van der Waals surface area contributed by atoms with Crippen LogP contribution in [0, 0.1) is 20.2 Å². The second-order valence-corrected chi connectivity index (χ2v) is 4.33. The molecular weight excluding hydrogens is 322 g/mol. The Morgan fingerprint density at radius 3 is 1.83 bits per heavy atom. The molecule has 2 rings (SSSR count). The summed E-state index contributed by atoms with van der Waals surface area (Å²) in [5.41, 5.74) is 4.45. The van der Waals surface area contributed by atoms with Crippen LogP contribution in [0.4, 0.5) is 17.1 Å². The minimum atomic E-state index is -1.46. The summed E-state index contributed by atoms with van der Waals surface area (Å²) in [5, 5.41) is 29.2. The van der Waals surface area contributed by atoms with Gasteiger partial charge in [-0.1, -0.05) is 0 Å². The van der Waals surface area contributed by atoms with E-state index in [9.17, 15) is 25.0 Å². The third kappa shape index (κ3) is 5.26. The van der Waals surface area contributed by atoms with E-state index in [-0.39, 0.29) is 0 Å². The number of hydrogen-bond donors (Lipinski definition) is 2. The average Bonchev–Trinajstić information content (AvgIpc) is 2.55. The van der Waals surface area contributed by atoms with E-state index in [2.05, 4.69) is 0 Å². The Labute approximate surface area is 135 Å². The molecule has 0 spiro atoms. The molecule has 126 valence electrons. The van der Waals surface area contributed by atoms with E-state index in [1.807, 2.05) is 12.1 Å². The number of aromatic carboxylic acids is 1. The predicted molar refractivity (Wildman–Crippen MR) is 84.1 cm³/mol. The molecule has 0 atom stereocenters. The number of nitrogens with two attached hydrogens (primary N) is 1. The number of benzene rings is 2. The SMILES string of the molecule is COc1ccc(N)cc1.O=C(O)c1cc([N+](=O)[O-])cc([N+](=O)[O-])c1. The number of nitrogen functional groups attached to an aromatic ring is 1. The van der Waals surface area contributed by atoms with Crippen molar-refractivity contribution in [1.29, 1.82) is 0 Å². The van der Waals surface area contributed by atoms with Crippen LogP contribution >= 0.6 is 0 Å². The lowest BCUT2D eigenvalue weighted by atomic mass is 10.2. The molecule has 0 radical (unpaired) electrons. The number of ether oxygens (including phenoxy) is 1. The van der Waals surface area contributed by atoms with Crippen molar-refractivity contribution in [2.24, 2.45) is 0 Å². The van der Waals surface area contributed by atoms with E-state index in [0.29, 0.717) is 6.07 Å². The molecule has 0 aliphatic rings. The zero-order valence-electron chi connectivity index (χ0n) is 12.4. The fraction of sp³-hybridized carbons (Fsp3) is 0.0714. The summed E-state index contributed by atoms with van der Waals surface area (Å²) in [6, 6.07) is 9.49.